The zero-order chi connectivity index (χ0) is 19.1. The normalized spacial score (nSPS) is 19.0. The van der Waals surface area contributed by atoms with Crippen LogP contribution in [0.25, 0.3) is 0 Å². The highest BCUT2D eigenvalue weighted by atomic mass is 19.1. The van der Waals surface area contributed by atoms with E-state index in [4.69, 9.17) is 0 Å². The summed E-state index contributed by atoms with van der Waals surface area (Å²) in [6, 6.07) is 6.62. The molecule has 0 radical (unpaired) electrons. The van der Waals surface area contributed by atoms with Crippen LogP contribution in [0.5, 0.6) is 0 Å². The Labute approximate surface area is 161 Å². The zero-order valence-corrected chi connectivity index (χ0v) is 16.0. The summed E-state index contributed by atoms with van der Waals surface area (Å²) in [5, 5.41) is 0. The van der Waals surface area contributed by atoms with Gasteiger partial charge in [0.25, 0.3) is 0 Å². The number of carbonyl (C=O) groups is 2. The van der Waals surface area contributed by atoms with Crippen LogP contribution >= 0.6 is 0 Å². The minimum absolute atomic E-state index is 0.0664. The van der Waals surface area contributed by atoms with Crippen LogP contribution in [0.2, 0.25) is 0 Å². The van der Waals surface area contributed by atoms with Gasteiger partial charge in [0.1, 0.15) is 5.82 Å². The Morgan fingerprint density at radius 3 is 2.11 bits per heavy atom. The van der Waals surface area contributed by atoms with Crippen LogP contribution in [0, 0.1) is 5.82 Å². The van der Waals surface area contributed by atoms with E-state index < -0.39 is 0 Å². The lowest BCUT2D eigenvalue weighted by atomic mass is 10.1. The highest BCUT2D eigenvalue weighted by Crippen LogP contribution is 2.13. The van der Waals surface area contributed by atoms with E-state index in [0.717, 1.165) is 39.0 Å². The first-order valence-corrected chi connectivity index (χ1v) is 10.1. The van der Waals surface area contributed by atoms with E-state index in [2.05, 4.69) is 4.90 Å². The molecule has 0 unspecified atom stereocenters. The maximum Gasteiger partial charge on any atom is 0.236 e. The van der Waals surface area contributed by atoms with Crippen molar-refractivity contribution in [2.75, 3.05) is 45.8 Å². The van der Waals surface area contributed by atoms with Crippen molar-refractivity contribution in [2.24, 2.45) is 0 Å². The molecule has 1 aromatic carbocycles. The molecule has 5 nitrogen and oxygen atoms in total. The Hall–Kier alpha value is -1.95. The van der Waals surface area contributed by atoms with Crippen molar-refractivity contribution in [3.8, 4) is 0 Å². The average molecular weight is 375 g/mol. The number of likely N-dealkylation sites (tertiary alicyclic amines) is 1. The van der Waals surface area contributed by atoms with Crippen molar-refractivity contribution in [3.05, 3.63) is 35.6 Å². The third kappa shape index (κ3) is 5.76. The van der Waals surface area contributed by atoms with Gasteiger partial charge in [-0.1, -0.05) is 31.0 Å². The minimum Gasteiger partial charge on any atom is -0.342 e. The topological polar surface area (TPSA) is 43.9 Å². The second kappa shape index (κ2) is 9.83. The number of carbonyl (C=O) groups excluding carboxylic acids is 2. The second-order valence-electron chi connectivity index (χ2n) is 7.54. The fourth-order valence-corrected chi connectivity index (χ4v) is 3.87. The molecule has 2 fully saturated rings. The minimum atomic E-state index is -0.248. The Kier molecular flexibility index (Phi) is 7.21. The van der Waals surface area contributed by atoms with Crippen molar-refractivity contribution in [2.45, 2.75) is 38.5 Å². The number of hydrogen-bond acceptors (Lipinski definition) is 3. The lowest BCUT2D eigenvalue weighted by Crippen LogP contribution is -2.51. The average Bonchev–Trinajstić information content (AvgIpc) is 2.97. The fraction of sp³-hybridized carbons (Fsp3) is 0.619. The van der Waals surface area contributed by atoms with Gasteiger partial charge in [-0.15, -0.1) is 0 Å². The number of piperazine rings is 1. The van der Waals surface area contributed by atoms with Crippen LogP contribution in [0.15, 0.2) is 24.3 Å². The smallest absolute Gasteiger partial charge is 0.236 e. The molecule has 0 aromatic heterocycles. The van der Waals surface area contributed by atoms with E-state index in [1.54, 1.807) is 18.2 Å². The van der Waals surface area contributed by atoms with Crippen LogP contribution in [-0.4, -0.2) is 72.3 Å². The van der Waals surface area contributed by atoms with Gasteiger partial charge in [-0.2, -0.15) is 0 Å². The Bertz CT molecular complexity index is 636. The molecule has 0 saturated carbocycles. The predicted molar refractivity (Wildman–Crippen MR) is 103 cm³/mol. The lowest BCUT2D eigenvalue weighted by Gasteiger charge is -2.35. The Balaban J connectivity index is 1.39. The summed E-state index contributed by atoms with van der Waals surface area (Å²) < 4.78 is 13.7. The lowest BCUT2D eigenvalue weighted by molar-refractivity contribution is -0.135. The molecule has 1 aromatic rings. The molecule has 2 heterocycles. The molecule has 2 saturated heterocycles. The van der Waals surface area contributed by atoms with Crippen molar-refractivity contribution < 1.29 is 14.0 Å². The molecular weight excluding hydrogens is 345 g/mol. The van der Waals surface area contributed by atoms with Gasteiger partial charge in [-0.3, -0.25) is 14.5 Å². The van der Waals surface area contributed by atoms with Gasteiger partial charge in [-0.25, -0.2) is 4.39 Å². The van der Waals surface area contributed by atoms with E-state index >= 15 is 0 Å². The molecule has 6 heteroatoms. The quantitative estimate of drug-likeness (QED) is 0.793. The summed E-state index contributed by atoms with van der Waals surface area (Å²) in [5.74, 6) is 0.0371. The van der Waals surface area contributed by atoms with Crippen LogP contribution in [0.4, 0.5) is 4.39 Å². The summed E-state index contributed by atoms with van der Waals surface area (Å²) in [6.45, 7) is 4.96. The van der Waals surface area contributed by atoms with Gasteiger partial charge < -0.3 is 9.80 Å². The molecule has 0 atom stereocenters. The maximum absolute atomic E-state index is 13.7. The molecule has 2 aliphatic heterocycles. The van der Waals surface area contributed by atoms with E-state index in [1.165, 1.54) is 18.9 Å². The summed E-state index contributed by atoms with van der Waals surface area (Å²) in [6.07, 6.45) is 5.41. The SMILES string of the molecule is O=C(CCc1ccccc1F)N1CCN(CC(=O)N2CCCCCC2)CC1. The number of benzene rings is 1. The molecule has 0 aliphatic carbocycles. The molecule has 148 valence electrons. The molecular formula is C21H30FN3O2. The van der Waals surface area contributed by atoms with Gasteiger partial charge >= 0.3 is 0 Å². The summed E-state index contributed by atoms with van der Waals surface area (Å²) in [5.41, 5.74) is 0.590. The first-order valence-electron chi connectivity index (χ1n) is 10.1. The number of nitrogens with zero attached hydrogens (tertiary/aromatic N) is 3. The summed E-state index contributed by atoms with van der Waals surface area (Å²) in [4.78, 5) is 30.9. The second-order valence-corrected chi connectivity index (χ2v) is 7.54. The van der Waals surface area contributed by atoms with Crippen molar-refractivity contribution in [3.63, 3.8) is 0 Å². The van der Waals surface area contributed by atoms with Gasteiger partial charge in [0.05, 0.1) is 6.54 Å². The largest absolute Gasteiger partial charge is 0.342 e. The summed E-state index contributed by atoms with van der Waals surface area (Å²) >= 11 is 0. The Morgan fingerprint density at radius 1 is 0.815 bits per heavy atom. The molecule has 3 rings (SSSR count). The standard InChI is InChI=1S/C21H30FN3O2/c22-19-8-4-3-7-18(19)9-10-20(26)25-15-13-23(14-16-25)17-21(27)24-11-5-1-2-6-12-24/h3-4,7-8H,1-2,5-6,9-17H2. The van der Waals surface area contributed by atoms with E-state index in [1.807, 2.05) is 9.80 Å². The predicted octanol–water partition coefficient (Wildman–Crippen LogP) is 2.31. The third-order valence-electron chi connectivity index (χ3n) is 5.61. The molecule has 27 heavy (non-hydrogen) atoms. The number of hydrogen-bond donors (Lipinski definition) is 0. The molecule has 0 bridgehead atoms. The Morgan fingerprint density at radius 2 is 1.44 bits per heavy atom. The van der Waals surface area contributed by atoms with Crippen molar-refractivity contribution >= 4 is 11.8 Å². The number of aryl methyl sites for hydroxylation is 1. The highest BCUT2D eigenvalue weighted by molar-refractivity contribution is 5.78. The first-order chi connectivity index (χ1) is 13.1. The summed E-state index contributed by atoms with van der Waals surface area (Å²) in [7, 11) is 0. The first kappa shape index (κ1) is 19.8. The molecule has 2 aliphatic rings. The zero-order valence-electron chi connectivity index (χ0n) is 16.0. The molecule has 0 spiro atoms. The van der Waals surface area contributed by atoms with E-state index in [0.29, 0.717) is 38.0 Å². The fourth-order valence-electron chi connectivity index (χ4n) is 3.87. The van der Waals surface area contributed by atoms with E-state index in [-0.39, 0.29) is 17.6 Å². The van der Waals surface area contributed by atoms with Gasteiger partial charge in [0, 0.05) is 45.7 Å². The van der Waals surface area contributed by atoms with E-state index in [9.17, 15) is 14.0 Å². The van der Waals surface area contributed by atoms with Crippen LogP contribution in [0.1, 0.15) is 37.7 Å². The number of amides is 2. The van der Waals surface area contributed by atoms with Gasteiger partial charge in [0.2, 0.25) is 11.8 Å². The van der Waals surface area contributed by atoms with Crippen LogP contribution < -0.4 is 0 Å². The highest BCUT2D eigenvalue weighted by Gasteiger charge is 2.24. The van der Waals surface area contributed by atoms with Crippen molar-refractivity contribution in [1.29, 1.82) is 0 Å². The molecule has 2 amide bonds. The van der Waals surface area contributed by atoms with Gasteiger partial charge in [0.15, 0.2) is 0 Å². The van der Waals surface area contributed by atoms with Crippen molar-refractivity contribution in [1.82, 2.24) is 14.7 Å². The van der Waals surface area contributed by atoms with Crippen LogP contribution in [0.3, 0.4) is 0 Å². The van der Waals surface area contributed by atoms with Crippen LogP contribution in [-0.2, 0) is 16.0 Å². The number of rotatable bonds is 5. The maximum atomic E-state index is 13.7. The number of halogens is 1. The third-order valence-corrected chi connectivity index (χ3v) is 5.61. The molecule has 0 N–H and O–H groups in total. The van der Waals surface area contributed by atoms with Gasteiger partial charge in [-0.05, 0) is 30.9 Å². The monoisotopic (exact) mass is 375 g/mol.